The average Bonchev–Trinajstić information content (AvgIpc) is 2.65. The van der Waals surface area contributed by atoms with Gasteiger partial charge >= 0.3 is 88.7 Å². The fourth-order valence-electron chi connectivity index (χ4n) is 3.02. The molecule has 0 aliphatic heterocycles. The third-order valence-electron chi connectivity index (χ3n) is 4.29. The van der Waals surface area contributed by atoms with Gasteiger partial charge in [0.25, 0.3) is 36.3 Å². The summed E-state index contributed by atoms with van der Waals surface area (Å²) >= 11 is 0. The molecule has 0 bridgehead atoms. The summed E-state index contributed by atoms with van der Waals surface area (Å²) in [7, 11) is -14.6. The summed E-state index contributed by atoms with van der Waals surface area (Å²) in [5, 5.41) is 1.39. The number of nitrogens with two attached hydrogens (primary N) is 1. The van der Waals surface area contributed by atoms with E-state index in [1.165, 1.54) is 6.07 Å². The van der Waals surface area contributed by atoms with Crippen LogP contribution in [-0.4, -0.2) is 133 Å². The Balaban J connectivity index is 0.00000385. The summed E-state index contributed by atoms with van der Waals surface area (Å²) in [5.41, 5.74) is 4.52. The molecule has 3 aromatic rings. The molecule has 18 heteroatoms. The number of benzene rings is 3. The molecule has 1 amide bonds. The van der Waals surface area contributed by atoms with Gasteiger partial charge < -0.3 is 11.1 Å². The first-order valence-corrected chi connectivity index (χ1v) is 12.6. The molecule has 0 unspecified atom stereocenters. The van der Waals surface area contributed by atoms with Gasteiger partial charge in [-0.1, -0.05) is 12.1 Å². The van der Waals surface area contributed by atoms with Crippen LogP contribution in [0.2, 0.25) is 0 Å². The summed E-state index contributed by atoms with van der Waals surface area (Å²) in [6.45, 7) is 0. The van der Waals surface area contributed by atoms with E-state index in [4.69, 9.17) is 5.73 Å². The van der Waals surface area contributed by atoms with Gasteiger partial charge in [-0.15, -0.1) is 0 Å². The summed E-state index contributed by atoms with van der Waals surface area (Å²) in [5.74, 6) is -1.14. The van der Waals surface area contributed by atoms with Crippen molar-refractivity contribution in [1.82, 2.24) is 0 Å². The molecule has 12 nitrogen and oxygen atoms in total. The number of carbonyl (C=O) groups is 1. The van der Waals surface area contributed by atoms with Gasteiger partial charge in [0, 0.05) is 16.5 Å². The van der Waals surface area contributed by atoms with Crippen LogP contribution in [0.1, 0.15) is 10.4 Å². The van der Waals surface area contributed by atoms with Gasteiger partial charge in [-0.05, 0) is 36.4 Å². The van der Waals surface area contributed by atoms with E-state index in [0.717, 1.165) is 42.5 Å². The topological polar surface area (TPSA) is 218 Å². The van der Waals surface area contributed by atoms with E-state index in [1.807, 2.05) is 0 Å². The van der Waals surface area contributed by atoms with Gasteiger partial charge in [0.2, 0.25) is 0 Å². The van der Waals surface area contributed by atoms with Crippen molar-refractivity contribution in [3.8, 4) is 0 Å². The zero-order valence-electron chi connectivity index (χ0n) is 15.6. The van der Waals surface area contributed by atoms with Crippen molar-refractivity contribution < 1.29 is 43.7 Å². The van der Waals surface area contributed by atoms with Crippen molar-refractivity contribution in [2.75, 3.05) is 11.1 Å². The molecule has 0 saturated carbocycles. The number of hydrogen-bond donors (Lipinski definition) is 5. The molecular weight excluding hydrogens is 557 g/mol. The third-order valence-corrected chi connectivity index (χ3v) is 7.00. The molecule has 0 fully saturated rings. The Bertz CT molecular complexity index is 1610. The maximum absolute atomic E-state index is 12.8. The number of fused-ring (bicyclic) bond motifs is 1. The molecule has 3 aromatic carbocycles. The Hall–Kier alpha value is -0.0800. The molecule has 3 rings (SSSR count). The van der Waals surface area contributed by atoms with E-state index in [0.29, 0.717) is 0 Å². The van der Waals surface area contributed by atoms with E-state index in [1.54, 1.807) is 0 Å². The van der Waals surface area contributed by atoms with E-state index < -0.39 is 61.9 Å². The normalized spacial score (nSPS) is 11.5. The van der Waals surface area contributed by atoms with Crippen molar-refractivity contribution in [3.05, 3.63) is 54.1 Å². The standard InChI is InChI=1S/C17H14N2O10S3.3Na.3H/c18-9-4-5-11(15(8-9)32(27,28)29)17(20)19-12-6-7-13(30(21,22)23)10-2-1-3-14(16(10)12)31(24,25)26;;;;;;/h1-8H,18H2,(H,19,20)(H,21,22,23)(H,24,25,26)(H,27,28,29);;;;;;. The van der Waals surface area contributed by atoms with Crippen LogP contribution < -0.4 is 11.1 Å². The zero-order chi connectivity index (χ0) is 24.1. The van der Waals surface area contributed by atoms with E-state index in [-0.39, 0.29) is 105 Å². The van der Waals surface area contributed by atoms with Crippen molar-refractivity contribution in [3.63, 3.8) is 0 Å². The van der Waals surface area contributed by atoms with Crippen molar-refractivity contribution in [1.29, 1.82) is 0 Å². The van der Waals surface area contributed by atoms with E-state index in [9.17, 15) is 43.7 Å². The Kier molecular flexibility index (Phi) is 12.6. The van der Waals surface area contributed by atoms with Gasteiger partial charge in [0.15, 0.2) is 0 Å². The monoisotopic (exact) mass is 574 g/mol. The van der Waals surface area contributed by atoms with E-state index in [2.05, 4.69) is 5.32 Å². The number of rotatable bonds is 5. The predicted molar refractivity (Wildman–Crippen MR) is 134 cm³/mol. The van der Waals surface area contributed by atoms with Gasteiger partial charge in [-0.3, -0.25) is 18.5 Å². The number of amides is 1. The van der Waals surface area contributed by atoms with Crippen LogP contribution in [0.4, 0.5) is 11.4 Å². The molecule has 0 radical (unpaired) electrons. The summed E-state index contributed by atoms with van der Waals surface area (Å²) in [4.78, 5) is 10.4. The summed E-state index contributed by atoms with van der Waals surface area (Å²) in [6.07, 6.45) is 0. The van der Waals surface area contributed by atoms with Crippen LogP contribution >= 0.6 is 0 Å². The van der Waals surface area contributed by atoms with Crippen LogP contribution in [0.3, 0.4) is 0 Å². The second kappa shape index (κ2) is 12.6. The van der Waals surface area contributed by atoms with Gasteiger partial charge in [-0.2, -0.15) is 25.3 Å². The van der Waals surface area contributed by atoms with Crippen molar-refractivity contribution >= 4 is 147 Å². The van der Waals surface area contributed by atoms with Crippen LogP contribution in [0, 0.1) is 0 Å². The molecular formula is C17H17N2Na3O10S3. The predicted octanol–water partition coefficient (Wildman–Crippen LogP) is -0.531. The van der Waals surface area contributed by atoms with Gasteiger partial charge in [0.1, 0.15) is 14.7 Å². The Morgan fingerprint density at radius 1 is 0.714 bits per heavy atom. The minimum atomic E-state index is -4.93. The number of anilines is 2. The molecule has 0 aliphatic carbocycles. The first-order chi connectivity index (χ1) is 14.6. The Morgan fingerprint density at radius 2 is 1.26 bits per heavy atom. The molecule has 6 N–H and O–H groups in total. The second-order valence-electron chi connectivity index (χ2n) is 6.42. The average molecular weight is 574 g/mol. The van der Waals surface area contributed by atoms with Gasteiger partial charge in [-0.25, -0.2) is 0 Å². The third kappa shape index (κ3) is 7.95. The number of nitrogens with one attached hydrogen (secondary N) is 1. The minimum absolute atomic E-state index is 0. The fraction of sp³-hybridized carbons (Fsp3) is 0. The summed E-state index contributed by atoms with van der Waals surface area (Å²) in [6, 6.07) is 7.94. The summed E-state index contributed by atoms with van der Waals surface area (Å²) < 4.78 is 98.7. The molecule has 176 valence electrons. The van der Waals surface area contributed by atoms with Crippen molar-refractivity contribution in [2.45, 2.75) is 14.7 Å². The van der Waals surface area contributed by atoms with Crippen LogP contribution in [0.15, 0.2) is 63.2 Å². The number of hydrogen-bond acceptors (Lipinski definition) is 8. The van der Waals surface area contributed by atoms with Crippen LogP contribution in [0.25, 0.3) is 10.8 Å². The van der Waals surface area contributed by atoms with Crippen LogP contribution in [-0.2, 0) is 30.4 Å². The Labute approximate surface area is 267 Å². The first kappa shape index (κ1) is 34.9. The van der Waals surface area contributed by atoms with Gasteiger partial charge in [0.05, 0.1) is 11.3 Å². The molecule has 0 spiro atoms. The van der Waals surface area contributed by atoms with Crippen molar-refractivity contribution in [2.24, 2.45) is 0 Å². The first-order valence-electron chi connectivity index (χ1n) is 8.30. The number of nitrogen functional groups attached to an aromatic ring is 1. The maximum atomic E-state index is 12.8. The second-order valence-corrected chi connectivity index (χ2v) is 10.6. The quantitative estimate of drug-likeness (QED) is 0.148. The zero-order valence-corrected chi connectivity index (χ0v) is 18.1. The fourth-order valence-corrected chi connectivity index (χ4v) is 5.16. The van der Waals surface area contributed by atoms with E-state index >= 15 is 0 Å². The molecule has 0 aliphatic rings. The SMILES string of the molecule is Nc1ccc(C(=O)Nc2ccc(S(=O)(=O)O)c3cccc(S(=O)(=O)O)c23)c(S(=O)(=O)O)c1.[NaH].[NaH].[NaH]. The molecule has 0 aromatic heterocycles. The van der Waals surface area contributed by atoms with Crippen LogP contribution in [0.5, 0.6) is 0 Å². The molecule has 0 heterocycles. The molecule has 35 heavy (non-hydrogen) atoms. The molecule has 0 atom stereocenters. The Morgan fingerprint density at radius 3 is 1.77 bits per heavy atom. The molecule has 0 saturated heterocycles. The number of carbonyl (C=O) groups excluding carboxylic acids is 1.